The minimum Gasteiger partial charge on any atom is -0.366 e. The van der Waals surface area contributed by atoms with Crippen molar-refractivity contribution in [3.05, 3.63) is 34.3 Å². The molecule has 0 spiro atoms. The van der Waals surface area contributed by atoms with E-state index < -0.39 is 0 Å². The Morgan fingerprint density at radius 3 is 2.62 bits per heavy atom. The highest BCUT2D eigenvalue weighted by molar-refractivity contribution is 9.10. The minimum absolute atomic E-state index is 0.471. The highest BCUT2D eigenvalue weighted by Crippen LogP contribution is 2.12. The molecule has 1 atom stereocenters. The van der Waals surface area contributed by atoms with E-state index in [1.807, 2.05) is 12.1 Å². The van der Waals surface area contributed by atoms with Gasteiger partial charge in [0.1, 0.15) is 5.84 Å². The fourth-order valence-electron chi connectivity index (χ4n) is 1.34. The van der Waals surface area contributed by atoms with E-state index >= 15 is 0 Å². The first kappa shape index (κ1) is 8.75. The lowest BCUT2D eigenvalue weighted by atomic mass is 10.2. The van der Waals surface area contributed by atoms with Crippen molar-refractivity contribution in [1.82, 2.24) is 5.32 Å². The molecule has 0 fully saturated rings. The monoisotopic (exact) mass is 238 g/mol. The number of rotatable bonds is 1. The van der Waals surface area contributed by atoms with Gasteiger partial charge in [-0.3, -0.25) is 4.99 Å². The lowest BCUT2D eigenvalue weighted by molar-refractivity contribution is 0.726. The SMILES string of the molecule is CC1CN=C(c2ccc(Br)cc2)N1. The Bertz CT molecular complexity index is 329. The molecule has 1 aromatic rings. The number of benzene rings is 1. The predicted molar refractivity (Wildman–Crippen MR) is 58.1 cm³/mol. The quantitative estimate of drug-likeness (QED) is 0.798. The van der Waals surface area contributed by atoms with Gasteiger partial charge >= 0.3 is 0 Å². The van der Waals surface area contributed by atoms with Crippen LogP contribution in [-0.4, -0.2) is 18.4 Å². The van der Waals surface area contributed by atoms with Crippen LogP contribution in [0.25, 0.3) is 0 Å². The molecule has 0 aromatic heterocycles. The molecule has 1 aromatic carbocycles. The molecular formula is C10H11BrN2. The summed E-state index contributed by atoms with van der Waals surface area (Å²) in [6, 6.07) is 8.66. The maximum absolute atomic E-state index is 4.41. The summed E-state index contributed by atoms with van der Waals surface area (Å²) >= 11 is 3.41. The normalized spacial score (nSPS) is 21.1. The Morgan fingerprint density at radius 1 is 1.38 bits per heavy atom. The molecule has 1 heterocycles. The van der Waals surface area contributed by atoms with Gasteiger partial charge in [0.05, 0.1) is 6.54 Å². The van der Waals surface area contributed by atoms with E-state index in [2.05, 4.69) is 45.3 Å². The number of hydrogen-bond donors (Lipinski definition) is 1. The largest absolute Gasteiger partial charge is 0.366 e. The molecule has 0 saturated carbocycles. The molecule has 3 heteroatoms. The Hall–Kier alpha value is -0.830. The molecule has 1 aliphatic rings. The molecule has 2 nitrogen and oxygen atoms in total. The third-order valence-corrected chi connectivity index (χ3v) is 2.55. The number of nitrogens with one attached hydrogen (secondary N) is 1. The first-order valence-corrected chi connectivity index (χ1v) is 5.12. The van der Waals surface area contributed by atoms with Gasteiger partial charge in [-0.15, -0.1) is 0 Å². The third kappa shape index (κ3) is 1.91. The van der Waals surface area contributed by atoms with Crippen molar-refractivity contribution in [1.29, 1.82) is 0 Å². The van der Waals surface area contributed by atoms with Gasteiger partial charge in [0.15, 0.2) is 0 Å². The Morgan fingerprint density at radius 2 is 2.08 bits per heavy atom. The molecule has 1 N–H and O–H groups in total. The zero-order valence-electron chi connectivity index (χ0n) is 7.42. The van der Waals surface area contributed by atoms with Gasteiger partial charge in [-0.2, -0.15) is 0 Å². The van der Waals surface area contributed by atoms with Crippen molar-refractivity contribution < 1.29 is 0 Å². The van der Waals surface area contributed by atoms with Crippen LogP contribution < -0.4 is 5.32 Å². The maximum atomic E-state index is 4.41. The Balaban J connectivity index is 2.22. The van der Waals surface area contributed by atoms with Crippen LogP contribution in [0, 0.1) is 0 Å². The van der Waals surface area contributed by atoms with Crippen molar-refractivity contribution in [2.24, 2.45) is 4.99 Å². The Kier molecular flexibility index (Phi) is 2.36. The molecule has 0 aliphatic carbocycles. The summed E-state index contributed by atoms with van der Waals surface area (Å²) in [5.74, 6) is 1.01. The second kappa shape index (κ2) is 3.50. The Labute approximate surface area is 86.2 Å². The lowest BCUT2D eigenvalue weighted by Gasteiger charge is -2.05. The maximum Gasteiger partial charge on any atom is 0.128 e. The highest BCUT2D eigenvalue weighted by Gasteiger charge is 2.13. The van der Waals surface area contributed by atoms with Crippen molar-refractivity contribution in [2.75, 3.05) is 6.54 Å². The molecule has 13 heavy (non-hydrogen) atoms. The van der Waals surface area contributed by atoms with Crippen LogP contribution in [-0.2, 0) is 0 Å². The predicted octanol–water partition coefficient (Wildman–Crippen LogP) is 2.19. The van der Waals surface area contributed by atoms with Gasteiger partial charge in [0, 0.05) is 16.1 Å². The van der Waals surface area contributed by atoms with Crippen LogP contribution in [0.5, 0.6) is 0 Å². The molecule has 0 amide bonds. The van der Waals surface area contributed by atoms with E-state index in [-0.39, 0.29) is 0 Å². The highest BCUT2D eigenvalue weighted by atomic mass is 79.9. The first-order chi connectivity index (χ1) is 6.25. The van der Waals surface area contributed by atoms with Crippen molar-refractivity contribution in [3.8, 4) is 0 Å². The average Bonchev–Trinajstić information content (AvgIpc) is 2.53. The number of aliphatic imine (C=N–C) groups is 1. The summed E-state index contributed by atoms with van der Waals surface area (Å²) < 4.78 is 1.10. The molecule has 1 aliphatic heterocycles. The van der Waals surface area contributed by atoms with E-state index in [1.54, 1.807) is 0 Å². The lowest BCUT2D eigenvalue weighted by Crippen LogP contribution is -2.27. The summed E-state index contributed by atoms with van der Waals surface area (Å²) in [6.45, 7) is 3.01. The average molecular weight is 239 g/mol. The molecule has 0 saturated heterocycles. The molecule has 68 valence electrons. The topological polar surface area (TPSA) is 24.4 Å². The standard InChI is InChI=1S/C10H11BrN2/c1-7-6-12-10(13-7)8-2-4-9(11)5-3-8/h2-5,7H,6H2,1H3,(H,12,13). The van der Waals surface area contributed by atoms with Crippen LogP contribution in [0.4, 0.5) is 0 Å². The molecular weight excluding hydrogens is 228 g/mol. The van der Waals surface area contributed by atoms with Gasteiger partial charge < -0.3 is 5.32 Å². The molecule has 0 bridgehead atoms. The summed E-state index contributed by atoms with van der Waals surface area (Å²) in [6.07, 6.45) is 0. The van der Waals surface area contributed by atoms with Gasteiger partial charge in [-0.25, -0.2) is 0 Å². The summed E-state index contributed by atoms with van der Waals surface area (Å²) in [7, 11) is 0. The number of halogens is 1. The zero-order valence-corrected chi connectivity index (χ0v) is 9.01. The fourth-order valence-corrected chi connectivity index (χ4v) is 1.60. The van der Waals surface area contributed by atoms with Crippen LogP contribution in [0.1, 0.15) is 12.5 Å². The number of nitrogens with zero attached hydrogens (tertiary/aromatic N) is 1. The number of amidine groups is 1. The van der Waals surface area contributed by atoms with Crippen LogP contribution in [0.3, 0.4) is 0 Å². The van der Waals surface area contributed by atoms with E-state index in [4.69, 9.17) is 0 Å². The van der Waals surface area contributed by atoms with Gasteiger partial charge in [0.25, 0.3) is 0 Å². The van der Waals surface area contributed by atoms with Gasteiger partial charge in [-0.1, -0.05) is 28.1 Å². The number of hydrogen-bond acceptors (Lipinski definition) is 2. The first-order valence-electron chi connectivity index (χ1n) is 4.32. The van der Waals surface area contributed by atoms with Crippen LogP contribution in [0.2, 0.25) is 0 Å². The smallest absolute Gasteiger partial charge is 0.128 e. The van der Waals surface area contributed by atoms with Gasteiger partial charge in [0.2, 0.25) is 0 Å². The van der Waals surface area contributed by atoms with E-state index in [0.717, 1.165) is 22.4 Å². The van der Waals surface area contributed by atoms with Crippen LogP contribution in [0.15, 0.2) is 33.7 Å². The second-order valence-corrected chi connectivity index (χ2v) is 4.16. The van der Waals surface area contributed by atoms with Crippen molar-refractivity contribution >= 4 is 21.8 Å². The molecule has 1 unspecified atom stereocenters. The minimum atomic E-state index is 0.471. The van der Waals surface area contributed by atoms with Crippen molar-refractivity contribution in [2.45, 2.75) is 13.0 Å². The molecule has 2 rings (SSSR count). The molecule has 0 radical (unpaired) electrons. The van der Waals surface area contributed by atoms with E-state index in [0.29, 0.717) is 6.04 Å². The van der Waals surface area contributed by atoms with E-state index in [9.17, 15) is 0 Å². The van der Waals surface area contributed by atoms with Crippen LogP contribution >= 0.6 is 15.9 Å². The van der Waals surface area contributed by atoms with E-state index in [1.165, 1.54) is 0 Å². The third-order valence-electron chi connectivity index (χ3n) is 2.02. The second-order valence-electron chi connectivity index (χ2n) is 3.24. The van der Waals surface area contributed by atoms with Crippen molar-refractivity contribution in [3.63, 3.8) is 0 Å². The fraction of sp³-hybridized carbons (Fsp3) is 0.300. The summed E-state index contributed by atoms with van der Waals surface area (Å²) in [4.78, 5) is 4.41. The summed E-state index contributed by atoms with van der Waals surface area (Å²) in [5, 5.41) is 3.32. The zero-order chi connectivity index (χ0) is 9.26. The van der Waals surface area contributed by atoms with Gasteiger partial charge in [-0.05, 0) is 19.1 Å². The summed E-state index contributed by atoms with van der Waals surface area (Å²) in [5.41, 5.74) is 1.16.